The van der Waals surface area contributed by atoms with Crippen molar-refractivity contribution in [2.45, 2.75) is 51.1 Å². The van der Waals surface area contributed by atoms with Gasteiger partial charge in [0.05, 0.1) is 0 Å². The number of hydrogen-bond donors (Lipinski definition) is 0. The first-order chi connectivity index (χ1) is 10.5. The van der Waals surface area contributed by atoms with E-state index >= 15 is 0 Å². The number of amides is 1. The molecule has 0 bridgehead atoms. The molecule has 2 aliphatic heterocycles. The van der Waals surface area contributed by atoms with Crippen molar-refractivity contribution in [1.82, 2.24) is 14.7 Å². The quantitative estimate of drug-likeness (QED) is 0.589. The van der Waals surface area contributed by atoms with Gasteiger partial charge in [0.15, 0.2) is 0 Å². The van der Waals surface area contributed by atoms with E-state index in [-0.39, 0.29) is 17.5 Å². The normalized spacial score (nSPS) is 24.9. The molecule has 2 rings (SSSR count). The second-order valence-corrected chi connectivity index (χ2v) is 6.69. The van der Waals surface area contributed by atoms with E-state index < -0.39 is 0 Å². The number of hydrogen-bond acceptors (Lipinski definition) is 4. The first-order valence-electron chi connectivity index (χ1n) is 8.36. The molecule has 0 aliphatic carbocycles. The van der Waals surface area contributed by atoms with Crippen molar-refractivity contribution in [2.75, 3.05) is 33.7 Å². The van der Waals surface area contributed by atoms with Crippen LogP contribution in [0.5, 0.6) is 0 Å². The average molecular weight is 304 g/mol. The molecule has 1 atom stereocenters. The van der Waals surface area contributed by atoms with Gasteiger partial charge in [-0.1, -0.05) is 0 Å². The Bertz CT molecular complexity index is 460. The highest BCUT2D eigenvalue weighted by Crippen LogP contribution is 2.20. The van der Waals surface area contributed by atoms with E-state index in [1.807, 2.05) is 7.05 Å². The lowest BCUT2D eigenvalue weighted by Crippen LogP contribution is -2.45. The Balaban J connectivity index is 2.03. The minimum atomic E-state index is -0.130. The SMILES string of the molecule is CC1CCCCN1/C=C(/C#N)C(=O)N(C)C1CCN(C)CC1. The molecule has 2 saturated heterocycles. The smallest absolute Gasteiger partial charge is 0.265 e. The van der Waals surface area contributed by atoms with Crippen LogP contribution in [0.4, 0.5) is 0 Å². The van der Waals surface area contributed by atoms with Gasteiger partial charge < -0.3 is 14.7 Å². The summed E-state index contributed by atoms with van der Waals surface area (Å²) in [6.07, 6.45) is 7.26. The summed E-state index contributed by atoms with van der Waals surface area (Å²) in [4.78, 5) is 18.8. The predicted octanol–water partition coefficient (Wildman–Crippen LogP) is 1.82. The van der Waals surface area contributed by atoms with Crippen molar-refractivity contribution in [3.63, 3.8) is 0 Å². The average Bonchev–Trinajstić information content (AvgIpc) is 2.53. The summed E-state index contributed by atoms with van der Waals surface area (Å²) in [7, 11) is 3.94. The van der Waals surface area contributed by atoms with E-state index in [9.17, 15) is 10.1 Å². The van der Waals surface area contributed by atoms with Crippen LogP contribution in [0, 0.1) is 11.3 Å². The van der Waals surface area contributed by atoms with Gasteiger partial charge in [-0.25, -0.2) is 0 Å². The van der Waals surface area contributed by atoms with Crippen LogP contribution in [0.1, 0.15) is 39.0 Å². The highest BCUT2D eigenvalue weighted by molar-refractivity contribution is 5.97. The van der Waals surface area contributed by atoms with E-state index in [0.29, 0.717) is 6.04 Å². The van der Waals surface area contributed by atoms with Crippen LogP contribution in [0.2, 0.25) is 0 Å². The molecule has 22 heavy (non-hydrogen) atoms. The molecule has 0 N–H and O–H groups in total. The first kappa shape index (κ1) is 16.8. The van der Waals surface area contributed by atoms with E-state index in [0.717, 1.165) is 45.3 Å². The molecule has 0 aromatic heterocycles. The number of nitrogens with zero attached hydrogens (tertiary/aromatic N) is 4. The summed E-state index contributed by atoms with van der Waals surface area (Å²) in [5.74, 6) is -0.130. The first-order valence-corrected chi connectivity index (χ1v) is 8.36. The number of carbonyl (C=O) groups excluding carboxylic acids is 1. The largest absolute Gasteiger partial charge is 0.373 e. The Labute approximate surface area is 134 Å². The van der Waals surface area contributed by atoms with E-state index in [2.05, 4.69) is 29.8 Å². The lowest BCUT2D eigenvalue weighted by Gasteiger charge is -2.36. The molecule has 2 aliphatic rings. The van der Waals surface area contributed by atoms with Crippen LogP contribution in [-0.4, -0.2) is 66.4 Å². The maximum Gasteiger partial charge on any atom is 0.265 e. The Hall–Kier alpha value is -1.54. The summed E-state index contributed by atoms with van der Waals surface area (Å²) in [6, 6.07) is 2.78. The van der Waals surface area contributed by atoms with E-state index in [1.54, 1.807) is 11.1 Å². The second kappa shape index (κ2) is 7.64. The van der Waals surface area contributed by atoms with Gasteiger partial charge in [-0.15, -0.1) is 0 Å². The van der Waals surface area contributed by atoms with Gasteiger partial charge in [-0.2, -0.15) is 5.26 Å². The molecule has 122 valence electrons. The summed E-state index contributed by atoms with van der Waals surface area (Å²) < 4.78 is 0. The fraction of sp³-hybridized carbons (Fsp3) is 0.765. The molecule has 0 aromatic rings. The van der Waals surface area contributed by atoms with Gasteiger partial charge in [0, 0.05) is 31.9 Å². The summed E-state index contributed by atoms with van der Waals surface area (Å²) in [5.41, 5.74) is 0.273. The molecule has 0 saturated carbocycles. The molecule has 5 heteroatoms. The van der Waals surface area contributed by atoms with Crippen molar-refractivity contribution in [3.05, 3.63) is 11.8 Å². The molecular weight excluding hydrogens is 276 g/mol. The van der Waals surface area contributed by atoms with Crippen LogP contribution < -0.4 is 0 Å². The molecule has 0 radical (unpaired) electrons. The Kier molecular flexibility index (Phi) is 5.84. The minimum Gasteiger partial charge on any atom is -0.373 e. The third kappa shape index (κ3) is 4.01. The minimum absolute atomic E-state index is 0.130. The van der Waals surface area contributed by atoms with Crippen LogP contribution in [0.15, 0.2) is 11.8 Å². The number of rotatable bonds is 3. The Morgan fingerprint density at radius 1 is 1.23 bits per heavy atom. The van der Waals surface area contributed by atoms with Gasteiger partial charge in [0.25, 0.3) is 5.91 Å². The number of carbonyl (C=O) groups is 1. The lowest BCUT2D eigenvalue weighted by atomic mass is 10.0. The Morgan fingerprint density at radius 3 is 2.50 bits per heavy atom. The summed E-state index contributed by atoms with van der Waals surface area (Å²) in [5, 5.41) is 9.40. The number of piperidine rings is 2. The number of nitriles is 1. The molecule has 2 fully saturated rings. The number of likely N-dealkylation sites (N-methyl/N-ethyl adjacent to an activating group) is 1. The maximum absolute atomic E-state index is 12.6. The van der Waals surface area contributed by atoms with E-state index in [4.69, 9.17) is 0 Å². The predicted molar refractivity (Wildman–Crippen MR) is 87.0 cm³/mol. The zero-order valence-electron chi connectivity index (χ0n) is 14.1. The van der Waals surface area contributed by atoms with Gasteiger partial charge in [-0.05, 0) is 59.2 Å². The zero-order chi connectivity index (χ0) is 16.1. The van der Waals surface area contributed by atoms with Crippen molar-refractivity contribution in [3.8, 4) is 6.07 Å². The van der Waals surface area contributed by atoms with Gasteiger partial charge in [0.2, 0.25) is 0 Å². The van der Waals surface area contributed by atoms with Gasteiger partial charge >= 0.3 is 0 Å². The van der Waals surface area contributed by atoms with Crippen molar-refractivity contribution in [1.29, 1.82) is 5.26 Å². The van der Waals surface area contributed by atoms with Crippen LogP contribution in [0.3, 0.4) is 0 Å². The fourth-order valence-corrected chi connectivity index (χ4v) is 3.35. The molecule has 1 amide bonds. The summed E-state index contributed by atoms with van der Waals surface area (Å²) in [6.45, 7) is 5.13. The zero-order valence-corrected chi connectivity index (χ0v) is 14.1. The molecule has 2 heterocycles. The lowest BCUT2D eigenvalue weighted by molar-refractivity contribution is -0.128. The Morgan fingerprint density at radius 2 is 1.91 bits per heavy atom. The molecular formula is C17H28N4O. The van der Waals surface area contributed by atoms with Crippen LogP contribution >= 0.6 is 0 Å². The number of likely N-dealkylation sites (tertiary alicyclic amines) is 2. The second-order valence-electron chi connectivity index (χ2n) is 6.69. The summed E-state index contributed by atoms with van der Waals surface area (Å²) >= 11 is 0. The topological polar surface area (TPSA) is 50.6 Å². The standard InChI is InChI=1S/C17H28N4O/c1-14-6-4-5-9-21(14)13-15(12-18)17(22)20(3)16-7-10-19(2)11-8-16/h13-14,16H,4-11H2,1-3H3/b15-13-. The third-order valence-electron chi connectivity index (χ3n) is 5.06. The van der Waals surface area contributed by atoms with Crippen molar-refractivity contribution < 1.29 is 4.79 Å². The van der Waals surface area contributed by atoms with Crippen molar-refractivity contribution in [2.24, 2.45) is 0 Å². The fourth-order valence-electron chi connectivity index (χ4n) is 3.35. The van der Waals surface area contributed by atoms with Gasteiger partial charge in [0.1, 0.15) is 11.6 Å². The van der Waals surface area contributed by atoms with Crippen LogP contribution in [0.25, 0.3) is 0 Å². The molecule has 0 aromatic carbocycles. The molecule has 5 nitrogen and oxygen atoms in total. The van der Waals surface area contributed by atoms with Crippen LogP contribution in [-0.2, 0) is 4.79 Å². The van der Waals surface area contributed by atoms with E-state index in [1.165, 1.54) is 6.42 Å². The monoisotopic (exact) mass is 304 g/mol. The van der Waals surface area contributed by atoms with Gasteiger partial charge in [-0.3, -0.25) is 4.79 Å². The maximum atomic E-state index is 12.6. The molecule has 1 unspecified atom stereocenters. The highest BCUT2D eigenvalue weighted by atomic mass is 16.2. The third-order valence-corrected chi connectivity index (χ3v) is 5.06. The molecule has 0 spiro atoms. The highest BCUT2D eigenvalue weighted by Gasteiger charge is 2.27. The van der Waals surface area contributed by atoms with Crippen molar-refractivity contribution >= 4 is 5.91 Å².